The van der Waals surface area contributed by atoms with Crippen LogP contribution in [-0.2, 0) is 0 Å². The minimum Gasteiger partial charge on any atom is -0.370 e. The Balaban J connectivity index is 3.94. The molecule has 21 heavy (non-hydrogen) atoms. The summed E-state index contributed by atoms with van der Waals surface area (Å²) in [6.07, 6.45) is 4.29. The van der Waals surface area contributed by atoms with Gasteiger partial charge in [-0.1, -0.05) is 41.5 Å². The number of rotatable bonds is 6. The van der Waals surface area contributed by atoms with E-state index in [0.717, 1.165) is 25.7 Å². The molecule has 0 amide bonds. The van der Waals surface area contributed by atoms with E-state index in [-0.39, 0.29) is 0 Å². The fraction of sp³-hybridized carbons (Fsp3) is 0.875. The predicted molar refractivity (Wildman–Crippen MR) is 93.5 cm³/mol. The van der Waals surface area contributed by atoms with Crippen LogP contribution in [0.4, 0.5) is 0 Å². The van der Waals surface area contributed by atoms with Gasteiger partial charge >= 0.3 is 0 Å². The van der Waals surface area contributed by atoms with E-state index in [4.69, 9.17) is 11.5 Å². The van der Waals surface area contributed by atoms with Crippen molar-refractivity contribution in [3.8, 4) is 0 Å². The van der Waals surface area contributed by atoms with E-state index in [1.807, 2.05) is 0 Å². The lowest BCUT2D eigenvalue weighted by atomic mass is 9.91. The molecule has 0 aliphatic heterocycles. The van der Waals surface area contributed by atoms with Crippen molar-refractivity contribution >= 4 is 11.9 Å². The Morgan fingerprint density at radius 2 is 1.10 bits per heavy atom. The van der Waals surface area contributed by atoms with E-state index in [1.165, 1.54) is 0 Å². The summed E-state index contributed by atoms with van der Waals surface area (Å²) in [6, 6.07) is 0. The third-order valence-electron chi connectivity index (χ3n) is 2.99. The van der Waals surface area contributed by atoms with Gasteiger partial charge in [-0.15, -0.1) is 0 Å². The van der Waals surface area contributed by atoms with Gasteiger partial charge in [0.1, 0.15) is 0 Å². The number of nitrogens with zero attached hydrogens (tertiary/aromatic N) is 2. The van der Waals surface area contributed by atoms with Crippen LogP contribution in [0.25, 0.3) is 0 Å². The minimum absolute atomic E-state index is 0.339. The summed E-state index contributed by atoms with van der Waals surface area (Å²) in [7, 11) is 0. The lowest BCUT2D eigenvalue weighted by molar-refractivity contribution is 0.368. The molecule has 0 heterocycles. The number of nitrogens with two attached hydrogens (primary N) is 2. The lowest BCUT2D eigenvalue weighted by Crippen LogP contribution is -2.41. The van der Waals surface area contributed by atoms with Crippen LogP contribution in [0.3, 0.4) is 0 Å². The first-order chi connectivity index (χ1) is 9.49. The maximum Gasteiger partial charge on any atom is 0.195 e. The Morgan fingerprint density at radius 1 is 0.762 bits per heavy atom. The van der Waals surface area contributed by atoms with Gasteiger partial charge in [0.05, 0.1) is 0 Å². The van der Waals surface area contributed by atoms with Gasteiger partial charge < -0.3 is 11.5 Å². The van der Waals surface area contributed by atoms with E-state index in [0.29, 0.717) is 35.8 Å². The predicted octanol–water partition coefficient (Wildman–Crippen LogP) is 2.86. The molecule has 0 radical (unpaired) electrons. The summed E-state index contributed by atoms with van der Waals surface area (Å²) in [4.78, 5) is 8.51. The average Bonchev–Trinajstić information content (AvgIpc) is 2.28. The highest BCUT2D eigenvalue weighted by Gasteiger charge is 2.09. The number of guanidine groups is 2. The van der Waals surface area contributed by atoms with Gasteiger partial charge in [0.2, 0.25) is 0 Å². The molecule has 5 N–H and O–H groups in total. The fourth-order valence-corrected chi connectivity index (χ4v) is 1.83. The number of hydrogen-bond donors (Lipinski definition) is 3. The van der Waals surface area contributed by atoms with Crippen LogP contribution in [-0.4, -0.2) is 25.0 Å². The number of hydrogen-bond acceptors (Lipinski definition) is 2. The van der Waals surface area contributed by atoms with Crippen LogP contribution in [0.15, 0.2) is 9.98 Å². The summed E-state index contributed by atoms with van der Waals surface area (Å²) in [5, 5.41) is 2.83. The van der Waals surface area contributed by atoms with Gasteiger partial charge in [-0.3, -0.25) is 15.3 Å². The van der Waals surface area contributed by atoms with E-state index in [2.05, 4.69) is 56.8 Å². The standard InChI is InChI=1S/C16H35N5/c1-15(2,3)9-7-11-19-13(17)21-14(18)20-12-8-10-16(4,5)6/h7-12H2,1-6H3,(H5,17,18,19,20,21). The molecule has 0 unspecified atom stereocenters. The normalized spacial score (nSPS) is 14.4. The highest BCUT2D eigenvalue weighted by molar-refractivity contribution is 5.96. The first kappa shape index (κ1) is 19.7. The van der Waals surface area contributed by atoms with E-state index < -0.39 is 0 Å². The summed E-state index contributed by atoms with van der Waals surface area (Å²) in [5.41, 5.74) is 12.2. The van der Waals surface area contributed by atoms with Crippen molar-refractivity contribution in [1.29, 1.82) is 0 Å². The summed E-state index contributed by atoms with van der Waals surface area (Å²) < 4.78 is 0. The van der Waals surface area contributed by atoms with Gasteiger partial charge in [0, 0.05) is 13.1 Å². The van der Waals surface area contributed by atoms with Gasteiger partial charge in [0.25, 0.3) is 0 Å². The Labute approximate surface area is 130 Å². The van der Waals surface area contributed by atoms with Crippen LogP contribution in [0.2, 0.25) is 0 Å². The van der Waals surface area contributed by atoms with Gasteiger partial charge in [-0.05, 0) is 36.5 Å². The molecule has 0 fully saturated rings. The van der Waals surface area contributed by atoms with Gasteiger partial charge in [-0.2, -0.15) is 0 Å². The highest BCUT2D eigenvalue weighted by Crippen LogP contribution is 2.20. The Hall–Kier alpha value is -1.26. The zero-order valence-electron chi connectivity index (χ0n) is 14.8. The SMILES string of the molecule is CC(C)(C)CCCN=C(N)NC(N)=NCCCC(C)(C)C. The second-order valence-electron chi connectivity index (χ2n) is 7.99. The molecule has 0 saturated carbocycles. The van der Waals surface area contributed by atoms with Crippen LogP contribution in [0.1, 0.15) is 67.2 Å². The first-order valence-electron chi connectivity index (χ1n) is 7.86. The van der Waals surface area contributed by atoms with E-state index in [1.54, 1.807) is 0 Å². The number of nitrogens with one attached hydrogen (secondary N) is 1. The molecule has 5 nitrogen and oxygen atoms in total. The van der Waals surface area contributed by atoms with Crippen molar-refractivity contribution in [3.05, 3.63) is 0 Å². The quantitative estimate of drug-likeness (QED) is 0.400. The first-order valence-corrected chi connectivity index (χ1v) is 7.86. The van der Waals surface area contributed by atoms with Crippen LogP contribution in [0.5, 0.6) is 0 Å². The Bertz CT molecular complexity index is 311. The topological polar surface area (TPSA) is 88.8 Å². The third kappa shape index (κ3) is 15.0. The summed E-state index contributed by atoms with van der Waals surface area (Å²) in [6.45, 7) is 14.8. The van der Waals surface area contributed by atoms with Crippen LogP contribution < -0.4 is 16.8 Å². The molecule has 0 spiro atoms. The average molecular weight is 297 g/mol. The van der Waals surface area contributed by atoms with Crippen molar-refractivity contribution in [2.24, 2.45) is 32.3 Å². The maximum atomic E-state index is 5.78. The Kier molecular flexibility index (Phi) is 8.37. The lowest BCUT2D eigenvalue weighted by Gasteiger charge is -2.17. The largest absolute Gasteiger partial charge is 0.370 e. The van der Waals surface area contributed by atoms with Gasteiger partial charge in [-0.25, -0.2) is 0 Å². The summed E-state index contributed by atoms with van der Waals surface area (Å²) in [5.74, 6) is 0.696. The second-order valence-corrected chi connectivity index (χ2v) is 7.99. The van der Waals surface area contributed by atoms with Crippen molar-refractivity contribution in [1.82, 2.24) is 5.32 Å². The third-order valence-corrected chi connectivity index (χ3v) is 2.99. The smallest absolute Gasteiger partial charge is 0.195 e. The zero-order valence-corrected chi connectivity index (χ0v) is 14.8. The summed E-state index contributed by atoms with van der Waals surface area (Å²) >= 11 is 0. The molecule has 0 aromatic rings. The van der Waals surface area contributed by atoms with Crippen molar-refractivity contribution in [2.75, 3.05) is 13.1 Å². The molecule has 0 bridgehead atoms. The van der Waals surface area contributed by atoms with Crippen molar-refractivity contribution < 1.29 is 0 Å². The van der Waals surface area contributed by atoms with E-state index >= 15 is 0 Å². The van der Waals surface area contributed by atoms with E-state index in [9.17, 15) is 0 Å². The van der Waals surface area contributed by atoms with Crippen LogP contribution >= 0.6 is 0 Å². The molecule has 0 aromatic carbocycles. The minimum atomic E-state index is 0.339. The molecule has 0 atom stereocenters. The zero-order chi connectivity index (χ0) is 16.5. The monoisotopic (exact) mass is 297 g/mol. The molecule has 0 rings (SSSR count). The molecule has 5 heteroatoms. The van der Waals surface area contributed by atoms with Gasteiger partial charge in [0.15, 0.2) is 11.9 Å². The van der Waals surface area contributed by atoms with Crippen molar-refractivity contribution in [3.63, 3.8) is 0 Å². The molecular weight excluding hydrogens is 262 g/mol. The molecule has 0 aliphatic carbocycles. The van der Waals surface area contributed by atoms with Crippen LogP contribution in [0, 0.1) is 10.8 Å². The molecule has 0 aliphatic rings. The van der Waals surface area contributed by atoms with Crippen molar-refractivity contribution in [2.45, 2.75) is 67.2 Å². The molecule has 0 saturated heterocycles. The molecule has 0 aromatic heterocycles. The maximum absolute atomic E-state index is 5.78. The fourth-order valence-electron chi connectivity index (χ4n) is 1.83. The highest BCUT2D eigenvalue weighted by atomic mass is 15.2. The Morgan fingerprint density at radius 3 is 1.38 bits per heavy atom. The number of aliphatic imine (C=N–C) groups is 2. The molecule has 124 valence electrons. The second kappa shape index (κ2) is 8.90. The molecular formula is C16H35N5.